The van der Waals surface area contributed by atoms with Crippen molar-refractivity contribution in [2.45, 2.75) is 32.2 Å². The number of unbranched alkanes of at least 4 members (excludes halogenated alkanes) is 1. The molecule has 3 aromatic rings. The fourth-order valence-corrected chi connectivity index (χ4v) is 3.20. The average Bonchev–Trinajstić information content (AvgIpc) is 2.77. The highest BCUT2D eigenvalue weighted by atomic mass is 19.1. The third kappa shape index (κ3) is 6.27. The van der Waals surface area contributed by atoms with Crippen molar-refractivity contribution in [3.63, 3.8) is 0 Å². The van der Waals surface area contributed by atoms with Crippen LogP contribution in [0.3, 0.4) is 0 Å². The van der Waals surface area contributed by atoms with Gasteiger partial charge in [-0.3, -0.25) is 4.79 Å². The number of carbonyl (C=O) groups is 2. The Balaban J connectivity index is 1.42. The molecule has 3 rings (SSSR count). The maximum atomic E-state index is 12.9. The third-order valence-corrected chi connectivity index (χ3v) is 4.92. The van der Waals surface area contributed by atoms with E-state index >= 15 is 0 Å². The van der Waals surface area contributed by atoms with Gasteiger partial charge in [0.05, 0.1) is 5.56 Å². The highest BCUT2D eigenvalue weighted by molar-refractivity contribution is 5.89. The number of aromatic carboxylic acids is 1. The van der Waals surface area contributed by atoms with Gasteiger partial charge in [0.1, 0.15) is 5.82 Å². The Kier molecular flexibility index (Phi) is 7.33. The number of carboxylic acids is 1. The van der Waals surface area contributed by atoms with Crippen LogP contribution in [0.2, 0.25) is 0 Å². The second-order valence-electron chi connectivity index (χ2n) is 7.19. The van der Waals surface area contributed by atoms with Crippen LogP contribution in [0, 0.1) is 5.82 Å². The first-order valence-corrected chi connectivity index (χ1v) is 9.95. The monoisotopic (exact) mass is 405 g/mol. The summed E-state index contributed by atoms with van der Waals surface area (Å²) in [7, 11) is 0. The number of hydrogen-bond acceptors (Lipinski definition) is 2. The van der Waals surface area contributed by atoms with E-state index in [-0.39, 0.29) is 17.3 Å². The smallest absolute Gasteiger partial charge is 0.335 e. The minimum atomic E-state index is -0.950. The summed E-state index contributed by atoms with van der Waals surface area (Å²) in [4.78, 5) is 23.2. The normalized spacial score (nSPS) is 10.6. The third-order valence-electron chi connectivity index (χ3n) is 4.92. The zero-order valence-corrected chi connectivity index (χ0v) is 16.6. The van der Waals surface area contributed by atoms with Gasteiger partial charge in [-0.15, -0.1) is 0 Å². The molecule has 4 nitrogen and oxygen atoms in total. The minimum Gasteiger partial charge on any atom is -0.478 e. The van der Waals surface area contributed by atoms with Crippen molar-refractivity contribution in [3.8, 4) is 11.1 Å². The first-order chi connectivity index (χ1) is 14.5. The van der Waals surface area contributed by atoms with Gasteiger partial charge in [0.15, 0.2) is 0 Å². The molecule has 1 amide bonds. The van der Waals surface area contributed by atoms with Crippen LogP contribution in [0.5, 0.6) is 0 Å². The van der Waals surface area contributed by atoms with Gasteiger partial charge in [0, 0.05) is 13.0 Å². The average molecular weight is 405 g/mol. The molecule has 0 aliphatic carbocycles. The molecule has 0 bridgehead atoms. The van der Waals surface area contributed by atoms with Crippen LogP contribution < -0.4 is 5.32 Å². The number of rotatable bonds is 9. The van der Waals surface area contributed by atoms with E-state index in [0.29, 0.717) is 13.0 Å². The van der Waals surface area contributed by atoms with Crippen molar-refractivity contribution in [3.05, 3.63) is 95.3 Å². The SMILES string of the molecule is O=C(CCCCc1ccc(F)cc1)NCc1ccc(-c2cccc(C(=O)O)c2)cc1. The van der Waals surface area contributed by atoms with Crippen molar-refractivity contribution in [2.24, 2.45) is 0 Å². The summed E-state index contributed by atoms with van der Waals surface area (Å²) in [5.41, 5.74) is 4.07. The summed E-state index contributed by atoms with van der Waals surface area (Å²) in [6.45, 7) is 0.451. The summed E-state index contributed by atoms with van der Waals surface area (Å²) in [6, 6.07) is 21.0. The lowest BCUT2D eigenvalue weighted by Crippen LogP contribution is -2.22. The Morgan fingerprint density at radius 3 is 2.23 bits per heavy atom. The molecule has 0 radical (unpaired) electrons. The molecule has 0 spiro atoms. The predicted molar refractivity (Wildman–Crippen MR) is 115 cm³/mol. The van der Waals surface area contributed by atoms with E-state index in [1.807, 2.05) is 30.3 Å². The molecule has 0 heterocycles. The molecule has 0 aliphatic rings. The topological polar surface area (TPSA) is 66.4 Å². The lowest BCUT2D eigenvalue weighted by Gasteiger charge is -2.08. The van der Waals surface area contributed by atoms with Gasteiger partial charge < -0.3 is 10.4 Å². The number of nitrogens with one attached hydrogen (secondary N) is 1. The van der Waals surface area contributed by atoms with E-state index in [9.17, 15) is 14.0 Å². The van der Waals surface area contributed by atoms with Crippen LogP contribution in [-0.4, -0.2) is 17.0 Å². The maximum absolute atomic E-state index is 12.9. The predicted octanol–water partition coefficient (Wildman–Crippen LogP) is 5.22. The van der Waals surface area contributed by atoms with Gasteiger partial charge in [-0.2, -0.15) is 0 Å². The number of hydrogen-bond donors (Lipinski definition) is 2. The number of halogens is 1. The summed E-state index contributed by atoms with van der Waals surface area (Å²) in [5, 5.41) is 12.0. The molecular weight excluding hydrogens is 381 g/mol. The Morgan fingerprint density at radius 1 is 0.833 bits per heavy atom. The first-order valence-electron chi connectivity index (χ1n) is 9.95. The van der Waals surface area contributed by atoms with Crippen LogP contribution in [-0.2, 0) is 17.8 Å². The molecule has 0 saturated heterocycles. The minimum absolute atomic E-state index is 0.00680. The van der Waals surface area contributed by atoms with Gasteiger partial charge in [0.25, 0.3) is 0 Å². The summed E-state index contributed by atoms with van der Waals surface area (Å²) < 4.78 is 12.9. The summed E-state index contributed by atoms with van der Waals surface area (Å²) in [6.07, 6.45) is 2.95. The molecule has 30 heavy (non-hydrogen) atoms. The fraction of sp³-hybridized carbons (Fsp3) is 0.200. The maximum Gasteiger partial charge on any atom is 0.335 e. The second-order valence-corrected chi connectivity index (χ2v) is 7.19. The zero-order valence-electron chi connectivity index (χ0n) is 16.6. The molecule has 2 N–H and O–H groups in total. The van der Waals surface area contributed by atoms with E-state index in [4.69, 9.17) is 5.11 Å². The van der Waals surface area contributed by atoms with Gasteiger partial charge in [0.2, 0.25) is 5.91 Å². The number of carbonyl (C=O) groups excluding carboxylic acids is 1. The molecule has 3 aromatic carbocycles. The summed E-state index contributed by atoms with van der Waals surface area (Å²) >= 11 is 0. The fourth-order valence-electron chi connectivity index (χ4n) is 3.20. The number of amides is 1. The number of carboxylic acid groups (broad SMARTS) is 1. The van der Waals surface area contributed by atoms with Crippen molar-refractivity contribution < 1.29 is 19.1 Å². The quantitative estimate of drug-likeness (QED) is 0.480. The van der Waals surface area contributed by atoms with Gasteiger partial charge in [-0.05, 0) is 65.8 Å². The molecule has 0 aromatic heterocycles. The largest absolute Gasteiger partial charge is 0.478 e. The van der Waals surface area contributed by atoms with E-state index in [2.05, 4.69) is 5.32 Å². The Morgan fingerprint density at radius 2 is 1.53 bits per heavy atom. The Bertz CT molecular complexity index is 998. The van der Waals surface area contributed by atoms with E-state index in [1.54, 1.807) is 30.3 Å². The van der Waals surface area contributed by atoms with E-state index < -0.39 is 5.97 Å². The van der Waals surface area contributed by atoms with E-state index in [0.717, 1.165) is 41.5 Å². The summed E-state index contributed by atoms with van der Waals surface area (Å²) in [5.74, 6) is -1.18. The van der Waals surface area contributed by atoms with Crippen LogP contribution >= 0.6 is 0 Å². The number of aryl methyl sites for hydroxylation is 1. The van der Waals surface area contributed by atoms with E-state index in [1.165, 1.54) is 12.1 Å². The van der Waals surface area contributed by atoms with Crippen LogP contribution in [0.15, 0.2) is 72.8 Å². The highest BCUT2D eigenvalue weighted by Crippen LogP contribution is 2.21. The molecule has 0 aliphatic heterocycles. The van der Waals surface area contributed by atoms with Crippen molar-refractivity contribution in [2.75, 3.05) is 0 Å². The van der Waals surface area contributed by atoms with Crippen molar-refractivity contribution in [1.29, 1.82) is 0 Å². The molecule has 5 heteroatoms. The second kappa shape index (κ2) is 10.3. The van der Waals surface area contributed by atoms with Crippen molar-refractivity contribution in [1.82, 2.24) is 5.32 Å². The van der Waals surface area contributed by atoms with Gasteiger partial charge in [-0.1, -0.05) is 48.5 Å². The lowest BCUT2D eigenvalue weighted by molar-refractivity contribution is -0.121. The zero-order chi connectivity index (χ0) is 21.3. The molecule has 0 atom stereocenters. The van der Waals surface area contributed by atoms with Crippen LogP contribution in [0.25, 0.3) is 11.1 Å². The van der Waals surface area contributed by atoms with Crippen LogP contribution in [0.1, 0.15) is 40.7 Å². The standard InChI is InChI=1S/C25H24FNO3/c26-23-14-10-18(11-15-23)4-1-2-7-24(28)27-17-19-8-12-20(13-9-19)21-5-3-6-22(16-21)25(29)30/h3,5-6,8-16H,1-2,4,7,17H2,(H,27,28)(H,29,30). The Labute approximate surface area is 175 Å². The first kappa shape index (κ1) is 21.2. The highest BCUT2D eigenvalue weighted by Gasteiger charge is 2.06. The van der Waals surface area contributed by atoms with Crippen LogP contribution in [0.4, 0.5) is 4.39 Å². The molecule has 0 unspecified atom stereocenters. The molecule has 154 valence electrons. The Hall–Kier alpha value is -3.47. The molecule has 0 fully saturated rings. The number of benzene rings is 3. The van der Waals surface area contributed by atoms with Gasteiger partial charge in [-0.25, -0.2) is 9.18 Å². The van der Waals surface area contributed by atoms with Gasteiger partial charge >= 0.3 is 5.97 Å². The van der Waals surface area contributed by atoms with Crippen molar-refractivity contribution >= 4 is 11.9 Å². The molecular formula is C25H24FNO3. The molecule has 0 saturated carbocycles. The lowest BCUT2D eigenvalue weighted by atomic mass is 10.0.